The molecule has 1 saturated carbocycles. The Kier molecular flexibility index (Phi) is 7.56. The lowest BCUT2D eigenvalue weighted by atomic mass is 9.86. The average Bonchev–Trinajstić information content (AvgIpc) is 3.69. The second kappa shape index (κ2) is 11.0. The van der Waals surface area contributed by atoms with E-state index >= 15 is 0 Å². The zero-order valence-corrected chi connectivity index (χ0v) is 22.9. The third kappa shape index (κ3) is 6.39. The van der Waals surface area contributed by atoms with Crippen molar-refractivity contribution >= 4 is 22.7 Å². The third-order valence-electron chi connectivity index (χ3n) is 7.52. The first-order valence-electron chi connectivity index (χ1n) is 13.7. The molecule has 5 nitrogen and oxygen atoms in total. The fourth-order valence-corrected chi connectivity index (χ4v) is 4.97. The summed E-state index contributed by atoms with van der Waals surface area (Å²) < 4.78 is 13.5. The van der Waals surface area contributed by atoms with Gasteiger partial charge in [0.25, 0.3) is 5.91 Å². The average molecular weight is 526 g/mol. The number of benzene rings is 3. The number of hydrogen-bond donors (Lipinski definition) is 1. The number of aromatic nitrogens is 1. The van der Waals surface area contributed by atoms with E-state index in [1.807, 2.05) is 48.7 Å². The summed E-state index contributed by atoms with van der Waals surface area (Å²) in [6, 6.07) is 22.2. The molecule has 0 spiro atoms. The number of nitrogens with one attached hydrogen (secondary N) is 1. The SMILES string of the molecule is CC(C)(C)c1ccc(C(=O)N(CC(=O)N(CCc2c[nH]c3ccccc23)Cc2ccc(F)cc2)C2CC2)cc1. The van der Waals surface area contributed by atoms with Crippen LogP contribution in [0.2, 0.25) is 0 Å². The first-order valence-corrected chi connectivity index (χ1v) is 13.7. The predicted molar refractivity (Wildman–Crippen MR) is 153 cm³/mol. The van der Waals surface area contributed by atoms with E-state index in [1.54, 1.807) is 21.9 Å². The molecule has 2 amide bonds. The van der Waals surface area contributed by atoms with Crippen LogP contribution in [0.3, 0.4) is 0 Å². The number of para-hydroxylation sites is 1. The molecule has 3 aromatic carbocycles. The first-order chi connectivity index (χ1) is 18.7. The van der Waals surface area contributed by atoms with Crippen molar-refractivity contribution in [1.82, 2.24) is 14.8 Å². The summed E-state index contributed by atoms with van der Waals surface area (Å²) in [5.41, 5.74) is 4.82. The molecule has 0 atom stereocenters. The van der Waals surface area contributed by atoms with Crippen molar-refractivity contribution in [2.24, 2.45) is 0 Å². The first kappa shape index (κ1) is 26.7. The summed E-state index contributed by atoms with van der Waals surface area (Å²) in [5.74, 6) is -0.520. The minimum Gasteiger partial charge on any atom is -0.361 e. The van der Waals surface area contributed by atoms with Crippen molar-refractivity contribution in [3.8, 4) is 0 Å². The summed E-state index contributed by atoms with van der Waals surface area (Å²) in [6.07, 6.45) is 4.48. The van der Waals surface area contributed by atoms with Gasteiger partial charge in [0.15, 0.2) is 0 Å². The molecule has 1 aliphatic carbocycles. The van der Waals surface area contributed by atoms with Gasteiger partial charge in [0.2, 0.25) is 5.91 Å². The van der Waals surface area contributed by atoms with E-state index in [0.717, 1.165) is 40.4 Å². The van der Waals surface area contributed by atoms with Gasteiger partial charge in [-0.25, -0.2) is 4.39 Å². The lowest BCUT2D eigenvalue weighted by molar-refractivity contribution is -0.132. The third-order valence-corrected chi connectivity index (χ3v) is 7.52. The summed E-state index contributed by atoms with van der Waals surface area (Å²) >= 11 is 0. The number of hydrogen-bond acceptors (Lipinski definition) is 2. The molecule has 0 radical (unpaired) electrons. The molecule has 1 aromatic heterocycles. The number of carbonyl (C=O) groups is 2. The van der Waals surface area contributed by atoms with E-state index in [0.29, 0.717) is 25.1 Å². The molecule has 1 aliphatic rings. The van der Waals surface area contributed by atoms with Crippen LogP contribution >= 0.6 is 0 Å². The number of rotatable bonds is 9. The van der Waals surface area contributed by atoms with Crippen molar-refractivity contribution in [2.45, 2.75) is 58.0 Å². The number of H-pyrrole nitrogens is 1. The lowest BCUT2D eigenvalue weighted by Crippen LogP contribution is -2.44. The Bertz CT molecular complexity index is 1450. The number of carbonyl (C=O) groups excluding carboxylic acids is 2. The maximum absolute atomic E-state index is 13.8. The van der Waals surface area contributed by atoms with Crippen LogP contribution in [0, 0.1) is 5.82 Å². The van der Waals surface area contributed by atoms with Gasteiger partial charge in [-0.05, 0) is 71.7 Å². The van der Waals surface area contributed by atoms with E-state index in [4.69, 9.17) is 0 Å². The molecule has 6 heteroatoms. The highest BCUT2D eigenvalue weighted by Gasteiger charge is 2.35. The van der Waals surface area contributed by atoms with Crippen LogP contribution in [0.25, 0.3) is 10.9 Å². The van der Waals surface area contributed by atoms with Gasteiger partial charge in [0.05, 0.1) is 0 Å². The number of aromatic amines is 1. The highest BCUT2D eigenvalue weighted by Crippen LogP contribution is 2.29. The molecule has 4 aromatic rings. The Morgan fingerprint density at radius 3 is 2.31 bits per heavy atom. The zero-order valence-electron chi connectivity index (χ0n) is 22.9. The van der Waals surface area contributed by atoms with E-state index in [1.165, 1.54) is 12.1 Å². The highest BCUT2D eigenvalue weighted by atomic mass is 19.1. The molecule has 0 saturated heterocycles. The van der Waals surface area contributed by atoms with Gasteiger partial charge in [0, 0.05) is 41.8 Å². The predicted octanol–water partition coefficient (Wildman–Crippen LogP) is 6.48. The van der Waals surface area contributed by atoms with Gasteiger partial charge in [-0.2, -0.15) is 0 Å². The molecule has 202 valence electrons. The van der Waals surface area contributed by atoms with Crippen molar-refractivity contribution in [3.05, 3.63) is 107 Å². The van der Waals surface area contributed by atoms with Crippen molar-refractivity contribution in [1.29, 1.82) is 0 Å². The fourth-order valence-electron chi connectivity index (χ4n) is 4.97. The Balaban J connectivity index is 1.34. The second-order valence-electron chi connectivity index (χ2n) is 11.5. The van der Waals surface area contributed by atoms with Crippen LogP contribution in [0.15, 0.2) is 79.0 Å². The van der Waals surface area contributed by atoms with Gasteiger partial charge in [-0.3, -0.25) is 9.59 Å². The molecule has 1 N–H and O–H groups in total. The van der Waals surface area contributed by atoms with Crippen molar-refractivity contribution in [2.75, 3.05) is 13.1 Å². The van der Waals surface area contributed by atoms with E-state index in [9.17, 15) is 14.0 Å². The Labute approximate surface area is 229 Å². The number of amides is 2. The summed E-state index contributed by atoms with van der Waals surface area (Å²) in [7, 11) is 0. The second-order valence-corrected chi connectivity index (χ2v) is 11.5. The van der Waals surface area contributed by atoms with Gasteiger partial charge >= 0.3 is 0 Å². The van der Waals surface area contributed by atoms with Gasteiger partial charge < -0.3 is 14.8 Å². The quantitative estimate of drug-likeness (QED) is 0.272. The Hall–Kier alpha value is -3.93. The minimum atomic E-state index is -0.307. The Morgan fingerprint density at radius 2 is 1.64 bits per heavy atom. The topological polar surface area (TPSA) is 56.4 Å². The van der Waals surface area contributed by atoms with Gasteiger partial charge in [-0.1, -0.05) is 63.2 Å². The number of nitrogens with zero attached hydrogens (tertiary/aromatic N) is 2. The summed E-state index contributed by atoms with van der Waals surface area (Å²) in [6.45, 7) is 7.31. The molecule has 0 aliphatic heterocycles. The van der Waals surface area contributed by atoms with Crippen LogP contribution in [-0.4, -0.2) is 45.7 Å². The van der Waals surface area contributed by atoms with Crippen LogP contribution < -0.4 is 0 Å². The van der Waals surface area contributed by atoms with Crippen LogP contribution in [-0.2, 0) is 23.2 Å². The molecule has 0 unspecified atom stereocenters. The Morgan fingerprint density at radius 1 is 0.949 bits per heavy atom. The number of halogens is 1. The summed E-state index contributed by atoms with van der Waals surface area (Å²) in [5, 5.41) is 1.14. The van der Waals surface area contributed by atoms with Crippen LogP contribution in [0.1, 0.15) is 60.7 Å². The largest absolute Gasteiger partial charge is 0.361 e. The molecular weight excluding hydrogens is 489 g/mol. The minimum absolute atomic E-state index is 0.000625. The standard InChI is InChI=1S/C33H36FN3O2/c1-33(2,3)26-12-10-24(11-13-26)32(39)37(28-16-17-28)22-31(38)36(21-23-8-14-27(34)15-9-23)19-18-25-20-35-30-7-5-4-6-29(25)30/h4-15,20,28,35H,16-19,21-22H2,1-3H3. The van der Waals surface area contributed by atoms with Crippen LogP contribution in [0.4, 0.5) is 4.39 Å². The van der Waals surface area contributed by atoms with Crippen molar-refractivity contribution in [3.63, 3.8) is 0 Å². The molecule has 1 fully saturated rings. The van der Waals surface area contributed by atoms with Gasteiger partial charge in [-0.15, -0.1) is 0 Å². The monoisotopic (exact) mass is 525 g/mol. The molecule has 5 rings (SSSR count). The fraction of sp³-hybridized carbons (Fsp3) is 0.333. The maximum Gasteiger partial charge on any atom is 0.254 e. The molecule has 39 heavy (non-hydrogen) atoms. The molecular formula is C33H36FN3O2. The van der Waals surface area contributed by atoms with E-state index in [2.05, 4.69) is 31.8 Å². The molecule has 0 bridgehead atoms. The maximum atomic E-state index is 13.8. The molecule has 1 heterocycles. The lowest BCUT2D eigenvalue weighted by Gasteiger charge is -2.28. The summed E-state index contributed by atoms with van der Waals surface area (Å²) in [4.78, 5) is 34.1. The zero-order chi connectivity index (χ0) is 27.6. The highest BCUT2D eigenvalue weighted by molar-refractivity contribution is 5.97. The smallest absolute Gasteiger partial charge is 0.254 e. The number of fused-ring (bicyclic) bond motifs is 1. The van der Waals surface area contributed by atoms with E-state index in [-0.39, 0.29) is 35.6 Å². The van der Waals surface area contributed by atoms with E-state index < -0.39 is 0 Å². The van der Waals surface area contributed by atoms with Crippen LogP contribution in [0.5, 0.6) is 0 Å². The van der Waals surface area contributed by atoms with Crippen molar-refractivity contribution < 1.29 is 14.0 Å². The van der Waals surface area contributed by atoms with Gasteiger partial charge in [0.1, 0.15) is 12.4 Å². The normalized spacial score (nSPS) is 13.4.